The number of rotatable bonds is 14. The lowest BCUT2D eigenvalue weighted by Crippen LogP contribution is -2.09. The second-order valence-electron chi connectivity index (χ2n) is 13.8. The molecule has 0 spiro atoms. The molecule has 0 saturated carbocycles. The molecule has 0 aliphatic rings. The molecule has 0 aliphatic heterocycles. The lowest BCUT2D eigenvalue weighted by atomic mass is 9.92. The van der Waals surface area contributed by atoms with Crippen LogP contribution in [0.3, 0.4) is 0 Å². The monoisotopic (exact) mass is 804 g/mol. The zero-order valence-corrected chi connectivity index (χ0v) is 34.2. The van der Waals surface area contributed by atoms with Gasteiger partial charge in [-0.2, -0.15) is 10.5 Å². The van der Waals surface area contributed by atoms with Gasteiger partial charge in [0.15, 0.2) is 0 Å². The third kappa shape index (κ3) is 9.07. The fourth-order valence-electron chi connectivity index (χ4n) is 7.14. The molecule has 0 aliphatic carbocycles. The van der Waals surface area contributed by atoms with E-state index in [1.165, 1.54) is 0 Å². The first-order valence-electron chi connectivity index (χ1n) is 20.0. The third-order valence-corrected chi connectivity index (χ3v) is 10.00. The van der Waals surface area contributed by atoms with E-state index < -0.39 is 0 Å². The molecular formula is C54H40N6O2. The molecule has 0 radical (unpaired) electrons. The summed E-state index contributed by atoms with van der Waals surface area (Å²) >= 11 is 0. The fourth-order valence-corrected chi connectivity index (χ4v) is 7.14. The molecule has 0 heterocycles. The van der Waals surface area contributed by atoms with E-state index in [0.717, 1.165) is 56.8 Å². The van der Waals surface area contributed by atoms with Gasteiger partial charge in [-0.3, -0.25) is 0 Å². The van der Waals surface area contributed by atoms with Crippen LogP contribution in [0, 0.1) is 35.8 Å². The summed E-state index contributed by atoms with van der Waals surface area (Å²) in [5.41, 5.74) is 7.88. The van der Waals surface area contributed by atoms with Gasteiger partial charge in [0.25, 0.3) is 0 Å². The van der Waals surface area contributed by atoms with E-state index >= 15 is 0 Å². The molecule has 0 amide bonds. The SMILES string of the molecule is [C-]#[N+]c1c(C#N)c(/C=C\c2ccc(N(c3ccccc3)c3ccc(OCC)cc3)cc2)c(C#N)c([N+]#[C-])c1/C=C\c1ccc(N(c2ccccc2)c2ccc(OCC)cc2)cc1. The summed E-state index contributed by atoms with van der Waals surface area (Å²) in [4.78, 5) is 11.8. The van der Waals surface area contributed by atoms with Crippen molar-refractivity contribution in [2.75, 3.05) is 23.0 Å². The number of hydrogen-bond acceptors (Lipinski definition) is 6. The molecule has 0 bridgehead atoms. The lowest BCUT2D eigenvalue weighted by Gasteiger charge is -2.25. The largest absolute Gasteiger partial charge is 0.494 e. The van der Waals surface area contributed by atoms with E-state index in [9.17, 15) is 10.5 Å². The van der Waals surface area contributed by atoms with Gasteiger partial charge in [-0.1, -0.05) is 85.0 Å². The molecule has 0 N–H and O–H groups in total. The number of anilines is 6. The Morgan fingerprint density at radius 3 is 1.10 bits per heavy atom. The Kier molecular flexibility index (Phi) is 13.2. The molecule has 0 atom stereocenters. The molecule has 7 aromatic carbocycles. The molecule has 8 heteroatoms. The van der Waals surface area contributed by atoms with Crippen molar-refractivity contribution in [2.24, 2.45) is 0 Å². The van der Waals surface area contributed by atoms with Crippen molar-refractivity contribution in [3.63, 3.8) is 0 Å². The Morgan fingerprint density at radius 1 is 0.452 bits per heavy atom. The highest BCUT2D eigenvalue weighted by Crippen LogP contribution is 2.42. The molecule has 0 unspecified atom stereocenters. The third-order valence-electron chi connectivity index (χ3n) is 10.00. The fraction of sp³-hybridized carbons (Fsp3) is 0.0741. The summed E-state index contributed by atoms with van der Waals surface area (Å²) in [5, 5.41) is 20.9. The minimum atomic E-state index is 0.0139. The van der Waals surface area contributed by atoms with Crippen LogP contribution in [-0.4, -0.2) is 13.2 Å². The topological polar surface area (TPSA) is 81.2 Å². The Hall–Kier alpha value is -8.82. The second kappa shape index (κ2) is 19.8. The Bertz CT molecular complexity index is 2620. The van der Waals surface area contributed by atoms with Crippen LogP contribution >= 0.6 is 0 Å². The molecule has 62 heavy (non-hydrogen) atoms. The number of hydrogen-bond donors (Lipinski definition) is 0. The van der Waals surface area contributed by atoms with E-state index in [1.807, 2.05) is 172 Å². The van der Waals surface area contributed by atoms with Crippen molar-refractivity contribution in [2.45, 2.75) is 13.8 Å². The number of nitrogens with zero attached hydrogens (tertiary/aromatic N) is 6. The number of benzene rings is 7. The molecule has 0 saturated heterocycles. The van der Waals surface area contributed by atoms with Crippen molar-refractivity contribution < 1.29 is 9.47 Å². The van der Waals surface area contributed by atoms with Crippen molar-refractivity contribution in [3.05, 3.63) is 214 Å². The molecule has 7 aromatic rings. The van der Waals surface area contributed by atoms with Gasteiger partial charge in [0.2, 0.25) is 11.4 Å². The summed E-state index contributed by atoms with van der Waals surface area (Å²) in [6.07, 6.45) is 6.87. The molecular weight excluding hydrogens is 765 g/mol. The van der Waals surface area contributed by atoms with Crippen LogP contribution in [-0.2, 0) is 0 Å². The van der Waals surface area contributed by atoms with Crippen molar-refractivity contribution in [1.82, 2.24) is 0 Å². The summed E-state index contributed by atoms with van der Waals surface area (Å²) in [6, 6.07) is 56.1. The number of para-hydroxylation sites is 2. The minimum Gasteiger partial charge on any atom is -0.494 e. The molecule has 7 rings (SSSR count). The first kappa shape index (κ1) is 41.3. The second-order valence-corrected chi connectivity index (χ2v) is 13.8. The molecule has 298 valence electrons. The van der Waals surface area contributed by atoms with Crippen LogP contribution in [0.5, 0.6) is 11.5 Å². The van der Waals surface area contributed by atoms with E-state index in [0.29, 0.717) is 13.2 Å². The zero-order valence-electron chi connectivity index (χ0n) is 34.2. The molecule has 8 nitrogen and oxygen atoms in total. The van der Waals surface area contributed by atoms with Gasteiger partial charge in [-0.15, -0.1) is 0 Å². The van der Waals surface area contributed by atoms with Crippen LogP contribution in [0.15, 0.2) is 158 Å². The normalized spacial score (nSPS) is 10.7. The summed E-state index contributed by atoms with van der Waals surface area (Å²) in [5.74, 6) is 1.59. The van der Waals surface area contributed by atoms with Gasteiger partial charge in [0, 0.05) is 34.1 Å². The first-order chi connectivity index (χ1) is 30.5. The highest BCUT2D eigenvalue weighted by Gasteiger charge is 2.22. The van der Waals surface area contributed by atoms with Crippen LogP contribution in [0.4, 0.5) is 45.5 Å². The van der Waals surface area contributed by atoms with Gasteiger partial charge < -0.3 is 19.3 Å². The van der Waals surface area contributed by atoms with Gasteiger partial charge in [-0.05, 0) is 133 Å². The predicted octanol–water partition coefficient (Wildman–Crippen LogP) is 14.6. The Balaban J connectivity index is 1.18. The van der Waals surface area contributed by atoms with Gasteiger partial charge in [0.1, 0.15) is 11.5 Å². The van der Waals surface area contributed by atoms with Gasteiger partial charge >= 0.3 is 0 Å². The standard InChI is InChI=1S/C54H40N6O2/c1-5-61-47-31-27-45(28-32-47)59(41-13-9-7-10-14-41)43-23-17-39(18-24-43)21-35-49-51(37-55)53(57-3)50(54(58-4)52(49)38-56)36-22-40-19-25-44(26-20-40)60(42-15-11-8-12-16-42)46-29-33-48(34-30-46)62-6-2/h7-36H,5-6H2,1-2H3/b35-21-,36-22-. The molecule has 0 aromatic heterocycles. The smallest absolute Gasteiger partial charge is 0.202 e. The summed E-state index contributed by atoms with van der Waals surface area (Å²) < 4.78 is 11.3. The maximum absolute atomic E-state index is 10.4. The predicted molar refractivity (Wildman–Crippen MR) is 251 cm³/mol. The van der Waals surface area contributed by atoms with Crippen molar-refractivity contribution in [3.8, 4) is 23.6 Å². The van der Waals surface area contributed by atoms with Crippen molar-refractivity contribution in [1.29, 1.82) is 10.5 Å². The highest BCUT2D eigenvalue weighted by molar-refractivity contribution is 5.96. The average Bonchev–Trinajstić information content (AvgIpc) is 3.32. The number of ether oxygens (including phenoxy) is 2. The van der Waals surface area contributed by atoms with E-state index in [2.05, 4.69) is 31.6 Å². The van der Waals surface area contributed by atoms with Crippen LogP contribution in [0.1, 0.15) is 47.2 Å². The van der Waals surface area contributed by atoms with Crippen LogP contribution in [0.2, 0.25) is 0 Å². The quantitative estimate of drug-likeness (QED) is 0.0804. The number of nitriles is 2. The Labute approximate surface area is 363 Å². The van der Waals surface area contributed by atoms with Gasteiger partial charge in [0.05, 0.1) is 49.6 Å². The van der Waals surface area contributed by atoms with Crippen LogP contribution in [0.25, 0.3) is 34.0 Å². The molecule has 0 fully saturated rings. The van der Waals surface area contributed by atoms with E-state index in [-0.39, 0.29) is 33.6 Å². The first-order valence-corrected chi connectivity index (χ1v) is 20.0. The maximum Gasteiger partial charge on any atom is 0.202 e. The maximum atomic E-state index is 10.4. The van der Waals surface area contributed by atoms with Gasteiger partial charge in [-0.25, -0.2) is 9.69 Å². The zero-order chi connectivity index (χ0) is 43.3. The highest BCUT2D eigenvalue weighted by atomic mass is 16.5. The van der Waals surface area contributed by atoms with E-state index in [1.54, 1.807) is 24.3 Å². The average molecular weight is 805 g/mol. The summed E-state index contributed by atoms with van der Waals surface area (Å²) in [7, 11) is 0. The van der Waals surface area contributed by atoms with Crippen LogP contribution < -0.4 is 19.3 Å². The van der Waals surface area contributed by atoms with E-state index in [4.69, 9.17) is 22.6 Å². The Morgan fingerprint density at radius 2 is 0.774 bits per heavy atom. The lowest BCUT2D eigenvalue weighted by molar-refractivity contribution is 0.340. The summed E-state index contributed by atoms with van der Waals surface area (Å²) in [6.45, 7) is 21.3. The minimum absolute atomic E-state index is 0.0139. The van der Waals surface area contributed by atoms with Crippen molar-refractivity contribution >= 4 is 69.8 Å².